The van der Waals surface area contributed by atoms with Gasteiger partial charge in [-0.3, -0.25) is 4.79 Å². The number of anilines is 1. The predicted molar refractivity (Wildman–Crippen MR) is 90.6 cm³/mol. The first kappa shape index (κ1) is 19.0. The van der Waals surface area contributed by atoms with Gasteiger partial charge in [-0.25, -0.2) is 21.9 Å². The summed E-state index contributed by atoms with van der Waals surface area (Å²) in [6.07, 6.45) is 0.336. The maximum atomic E-state index is 13.5. The fraction of sp³-hybridized carbons (Fsp3) is 0.235. The predicted octanol–water partition coefficient (Wildman–Crippen LogP) is 2.97. The normalized spacial score (nSPS) is 11.3. The first-order valence-electron chi connectivity index (χ1n) is 7.60. The molecule has 2 aromatic rings. The molecular formula is C17H18F2N2O3S. The molecule has 25 heavy (non-hydrogen) atoms. The van der Waals surface area contributed by atoms with Gasteiger partial charge in [-0.15, -0.1) is 0 Å². The van der Waals surface area contributed by atoms with Crippen molar-refractivity contribution in [3.63, 3.8) is 0 Å². The molecule has 0 spiro atoms. The van der Waals surface area contributed by atoms with Crippen LogP contribution in [0.15, 0.2) is 47.4 Å². The number of hydrogen-bond acceptors (Lipinski definition) is 3. The number of hydrogen-bond donors (Lipinski definition) is 2. The SMILES string of the molecule is Cc1ccccc1NC(=O)CCCNS(=O)(=O)c1ccc(F)cc1F. The first-order chi connectivity index (χ1) is 11.8. The molecular weight excluding hydrogens is 350 g/mol. The molecule has 0 atom stereocenters. The molecule has 5 nitrogen and oxygen atoms in total. The molecule has 0 aliphatic rings. The van der Waals surface area contributed by atoms with Gasteiger partial charge in [-0.2, -0.15) is 0 Å². The minimum absolute atomic E-state index is 0.0413. The van der Waals surface area contributed by atoms with Crippen LogP contribution in [0.25, 0.3) is 0 Å². The quantitative estimate of drug-likeness (QED) is 0.738. The molecule has 1 amide bonds. The Morgan fingerprint density at radius 2 is 1.84 bits per heavy atom. The zero-order valence-electron chi connectivity index (χ0n) is 13.6. The fourth-order valence-electron chi connectivity index (χ4n) is 2.15. The maximum Gasteiger partial charge on any atom is 0.243 e. The molecule has 0 heterocycles. The second-order valence-corrected chi connectivity index (χ2v) is 7.17. The van der Waals surface area contributed by atoms with Gasteiger partial charge in [-0.1, -0.05) is 18.2 Å². The lowest BCUT2D eigenvalue weighted by molar-refractivity contribution is -0.116. The molecule has 0 bridgehead atoms. The zero-order chi connectivity index (χ0) is 18.4. The van der Waals surface area contributed by atoms with E-state index in [-0.39, 0.29) is 25.3 Å². The summed E-state index contributed by atoms with van der Waals surface area (Å²) >= 11 is 0. The van der Waals surface area contributed by atoms with Crippen molar-refractivity contribution in [2.24, 2.45) is 0 Å². The van der Waals surface area contributed by atoms with Gasteiger partial charge in [0.2, 0.25) is 15.9 Å². The lowest BCUT2D eigenvalue weighted by atomic mass is 10.2. The number of para-hydroxylation sites is 1. The first-order valence-corrected chi connectivity index (χ1v) is 9.08. The van der Waals surface area contributed by atoms with Crippen LogP contribution in [0.3, 0.4) is 0 Å². The van der Waals surface area contributed by atoms with Gasteiger partial charge < -0.3 is 5.32 Å². The van der Waals surface area contributed by atoms with Crippen LogP contribution < -0.4 is 10.0 Å². The van der Waals surface area contributed by atoms with E-state index in [9.17, 15) is 22.0 Å². The number of amides is 1. The van der Waals surface area contributed by atoms with Gasteiger partial charge in [-0.05, 0) is 37.1 Å². The van der Waals surface area contributed by atoms with E-state index in [1.165, 1.54) is 0 Å². The fourth-order valence-corrected chi connectivity index (χ4v) is 3.28. The second-order valence-electron chi connectivity index (χ2n) is 5.44. The Labute approximate surface area is 145 Å². The Hall–Kier alpha value is -2.32. The highest BCUT2D eigenvalue weighted by atomic mass is 32.2. The summed E-state index contributed by atoms with van der Waals surface area (Å²) in [6.45, 7) is 1.82. The van der Waals surface area contributed by atoms with Gasteiger partial charge in [0.05, 0.1) is 0 Å². The number of aryl methyl sites for hydroxylation is 1. The van der Waals surface area contributed by atoms with E-state index in [0.717, 1.165) is 17.7 Å². The molecule has 0 saturated carbocycles. The number of halogens is 2. The third-order valence-corrected chi connectivity index (χ3v) is 4.97. The molecule has 0 unspecified atom stereocenters. The van der Waals surface area contributed by atoms with Crippen LogP contribution in [0.1, 0.15) is 18.4 Å². The van der Waals surface area contributed by atoms with E-state index in [1.807, 2.05) is 19.1 Å². The van der Waals surface area contributed by atoms with Crippen LogP contribution in [0.5, 0.6) is 0 Å². The van der Waals surface area contributed by atoms with Crippen LogP contribution in [0.4, 0.5) is 14.5 Å². The highest BCUT2D eigenvalue weighted by molar-refractivity contribution is 7.89. The van der Waals surface area contributed by atoms with Gasteiger partial charge in [0, 0.05) is 24.7 Å². The van der Waals surface area contributed by atoms with Crippen molar-refractivity contribution in [3.8, 4) is 0 Å². The van der Waals surface area contributed by atoms with E-state index in [0.29, 0.717) is 11.8 Å². The van der Waals surface area contributed by atoms with E-state index in [2.05, 4.69) is 10.0 Å². The maximum absolute atomic E-state index is 13.5. The largest absolute Gasteiger partial charge is 0.326 e. The Morgan fingerprint density at radius 1 is 1.12 bits per heavy atom. The number of sulfonamides is 1. The lowest BCUT2D eigenvalue weighted by Gasteiger charge is -2.09. The molecule has 0 radical (unpaired) electrons. The van der Waals surface area contributed by atoms with Crippen molar-refractivity contribution in [1.29, 1.82) is 0 Å². The van der Waals surface area contributed by atoms with E-state index in [1.54, 1.807) is 12.1 Å². The van der Waals surface area contributed by atoms with Gasteiger partial charge in [0.25, 0.3) is 0 Å². The molecule has 0 aliphatic heterocycles. The Bertz CT molecular complexity index is 870. The molecule has 0 fully saturated rings. The van der Waals surface area contributed by atoms with E-state index < -0.39 is 26.6 Å². The summed E-state index contributed by atoms with van der Waals surface area (Å²) in [7, 11) is -4.09. The minimum Gasteiger partial charge on any atom is -0.326 e. The molecule has 0 saturated heterocycles. The average Bonchev–Trinajstić information content (AvgIpc) is 2.53. The van der Waals surface area contributed by atoms with Crippen molar-refractivity contribution in [2.75, 3.05) is 11.9 Å². The van der Waals surface area contributed by atoms with Crippen LogP contribution in [0.2, 0.25) is 0 Å². The molecule has 0 aliphatic carbocycles. The minimum atomic E-state index is -4.09. The zero-order valence-corrected chi connectivity index (χ0v) is 14.4. The topological polar surface area (TPSA) is 75.3 Å². The molecule has 0 aromatic heterocycles. The Balaban J connectivity index is 1.84. The van der Waals surface area contributed by atoms with E-state index >= 15 is 0 Å². The summed E-state index contributed by atoms with van der Waals surface area (Å²) in [5.41, 5.74) is 1.62. The molecule has 2 rings (SSSR count). The third-order valence-electron chi connectivity index (χ3n) is 3.48. The average molecular weight is 368 g/mol. The smallest absolute Gasteiger partial charge is 0.243 e. The third kappa shape index (κ3) is 5.33. The highest BCUT2D eigenvalue weighted by Gasteiger charge is 2.19. The van der Waals surface area contributed by atoms with E-state index in [4.69, 9.17) is 0 Å². The summed E-state index contributed by atoms with van der Waals surface area (Å²) in [6, 6.07) is 9.52. The molecule has 8 heteroatoms. The van der Waals surface area contributed by atoms with Gasteiger partial charge in [0.15, 0.2) is 0 Å². The van der Waals surface area contributed by atoms with Crippen molar-refractivity contribution in [2.45, 2.75) is 24.7 Å². The molecule has 134 valence electrons. The van der Waals surface area contributed by atoms with Crippen LogP contribution in [-0.2, 0) is 14.8 Å². The lowest BCUT2D eigenvalue weighted by Crippen LogP contribution is -2.26. The summed E-state index contributed by atoms with van der Waals surface area (Å²) in [5, 5.41) is 2.74. The second kappa shape index (κ2) is 8.17. The van der Waals surface area contributed by atoms with Gasteiger partial charge >= 0.3 is 0 Å². The van der Waals surface area contributed by atoms with Crippen molar-refractivity contribution < 1.29 is 22.0 Å². The molecule has 2 aromatic carbocycles. The molecule has 2 N–H and O–H groups in total. The van der Waals surface area contributed by atoms with Gasteiger partial charge in [0.1, 0.15) is 16.5 Å². The van der Waals surface area contributed by atoms with Crippen LogP contribution in [-0.4, -0.2) is 20.9 Å². The number of carbonyl (C=O) groups is 1. The number of rotatable bonds is 7. The number of carbonyl (C=O) groups excluding carboxylic acids is 1. The van der Waals surface area contributed by atoms with Crippen molar-refractivity contribution in [1.82, 2.24) is 4.72 Å². The van der Waals surface area contributed by atoms with Crippen molar-refractivity contribution in [3.05, 3.63) is 59.7 Å². The van der Waals surface area contributed by atoms with Crippen LogP contribution in [0, 0.1) is 18.6 Å². The number of benzene rings is 2. The summed E-state index contributed by atoms with van der Waals surface area (Å²) < 4.78 is 52.5. The van der Waals surface area contributed by atoms with Crippen LogP contribution >= 0.6 is 0 Å². The monoisotopic (exact) mass is 368 g/mol. The standard InChI is InChI=1S/C17H18F2N2O3S/c1-12-5-2-3-6-15(12)21-17(22)7-4-10-20-25(23,24)16-9-8-13(18)11-14(16)19/h2-3,5-6,8-9,11,20H,4,7,10H2,1H3,(H,21,22). The highest BCUT2D eigenvalue weighted by Crippen LogP contribution is 2.16. The Kier molecular flexibility index (Phi) is 6.22. The summed E-state index contributed by atoms with van der Waals surface area (Å²) in [5.74, 6) is -2.27. The Morgan fingerprint density at radius 3 is 2.52 bits per heavy atom. The summed E-state index contributed by atoms with van der Waals surface area (Å²) in [4.78, 5) is 11.2. The van der Waals surface area contributed by atoms with Crippen molar-refractivity contribution >= 4 is 21.6 Å². The number of nitrogens with one attached hydrogen (secondary N) is 2.